The Labute approximate surface area is 118 Å². The van der Waals surface area contributed by atoms with E-state index in [9.17, 15) is 18.0 Å². The quantitative estimate of drug-likeness (QED) is 0.811. The molecule has 1 aromatic carbocycles. The molecular weight excluding hydrogens is 287 g/mol. The van der Waals surface area contributed by atoms with Crippen molar-refractivity contribution in [2.24, 2.45) is 0 Å². The van der Waals surface area contributed by atoms with Crippen LogP contribution in [0, 0.1) is 0 Å². The fourth-order valence-corrected chi connectivity index (χ4v) is 1.69. The maximum Gasteiger partial charge on any atom is 0.416 e. The topological polar surface area (TPSA) is 52.3 Å². The van der Waals surface area contributed by atoms with Gasteiger partial charge in [-0.3, -0.25) is 4.79 Å². The summed E-state index contributed by atoms with van der Waals surface area (Å²) in [5, 5.41) is 0. The van der Waals surface area contributed by atoms with Crippen molar-refractivity contribution in [1.29, 1.82) is 0 Å². The minimum atomic E-state index is -4.37. The van der Waals surface area contributed by atoms with Crippen molar-refractivity contribution in [3.63, 3.8) is 0 Å². The van der Waals surface area contributed by atoms with Crippen molar-refractivity contribution in [2.45, 2.75) is 19.0 Å². The summed E-state index contributed by atoms with van der Waals surface area (Å²) in [6, 6.07) is 4.51. The van der Waals surface area contributed by atoms with Crippen molar-refractivity contribution < 1.29 is 27.1 Å². The van der Waals surface area contributed by atoms with Gasteiger partial charge >= 0.3 is 12.1 Å². The number of rotatable bonds is 4. The largest absolute Gasteiger partial charge is 0.469 e. The third kappa shape index (κ3) is 3.84. The SMILES string of the molecule is COC(=O)CCc1cnc(-c2ccc(C(F)(F)F)cc2)o1. The molecule has 0 atom stereocenters. The number of hydrogen-bond acceptors (Lipinski definition) is 4. The molecule has 0 saturated heterocycles. The Hall–Kier alpha value is -2.31. The predicted octanol–water partition coefficient (Wildman–Crippen LogP) is 3.47. The number of oxazole rings is 1. The third-order valence-corrected chi connectivity index (χ3v) is 2.82. The summed E-state index contributed by atoms with van der Waals surface area (Å²) >= 11 is 0. The Morgan fingerprint density at radius 2 is 1.95 bits per heavy atom. The number of aromatic nitrogens is 1. The maximum absolute atomic E-state index is 12.5. The molecule has 0 spiro atoms. The highest BCUT2D eigenvalue weighted by atomic mass is 19.4. The number of carbonyl (C=O) groups is 1. The minimum Gasteiger partial charge on any atom is -0.469 e. The smallest absolute Gasteiger partial charge is 0.416 e. The van der Waals surface area contributed by atoms with E-state index < -0.39 is 11.7 Å². The van der Waals surface area contributed by atoms with Gasteiger partial charge < -0.3 is 9.15 Å². The van der Waals surface area contributed by atoms with E-state index in [0.29, 0.717) is 17.7 Å². The number of benzene rings is 1. The molecule has 2 rings (SSSR count). The van der Waals surface area contributed by atoms with E-state index >= 15 is 0 Å². The zero-order valence-electron chi connectivity index (χ0n) is 11.1. The van der Waals surface area contributed by atoms with Gasteiger partial charge in [-0.05, 0) is 24.3 Å². The standard InChI is InChI=1S/C14H12F3NO3/c1-20-12(19)7-6-11-8-18-13(21-11)9-2-4-10(5-3-9)14(15,16)17/h2-5,8H,6-7H2,1H3. The van der Waals surface area contributed by atoms with Crippen molar-refractivity contribution in [3.05, 3.63) is 41.8 Å². The van der Waals surface area contributed by atoms with E-state index in [4.69, 9.17) is 4.42 Å². The second-order valence-electron chi connectivity index (χ2n) is 4.28. The van der Waals surface area contributed by atoms with Crippen molar-refractivity contribution in [3.8, 4) is 11.5 Å². The Morgan fingerprint density at radius 3 is 2.52 bits per heavy atom. The third-order valence-electron chi connectivity index (χ3n) is 2.82. The van der Waals surface area contributed by atoms with Gasteiger partial charge in [-0.15, -0.1) is 0 Å². The number of nitrogens with zero attached hydrogens (tertiary/aromatic N) is 1. The first kappa shape index (κ1) is 15.1. The van der Waals surface area contributed by atoms with Gasteiger partial charge in [0, 0.05) is 12.0 Å². The predicted molar refractivity (Wildman–Crippen MR) is 67.3 cm³/mol. The monoisotopic (exact) mass is 299 g/mol. The molecule has 2 aromatic rings. The lowest BCUT2D eigenvalue weighted by molar-refractivity contribution is -0.140. The van der Waals surface area contributed by atoms with Gasteiger partial charge in [-0.1, -0.05) is 0 Å². The fourth-order valence-electron chi connectivity index (χ4n) is 1.69. The molecule has 0 saturated carbocycles. The first-order valence-corrected chi connectivity index (χ1v) is 6.09. The van der Waals surface area contributed by atoms with E-state index in [1.165, 1.54) is 25.4 Å². The molecule has 0 fully saturated rings. The van der Waals surface area contributed by atoms with Crippen LogP contribution < -0.4 is 0 Å². The maximum atomic E-state index is 12.5. The number of carbonyl (C=O) groups excluding carboxylic acids is 1. The van der Waals surface area contributed by atoms with E-state index in [-0.39, 0.29) is 18.3 Å². The molecule has 0 bridgehead atoms. The Bertz CT molecular complexity index is 617. The Balaban J connectivity index is 2.09. The molecule has 7 heteroatoms. The molecule has 1 heterocycles. The van der Waals surface area contributed by atoms with E-state index in [0.717, 1.165) is 12.1 Å². The van der Waals surface area contributed by atoms with E-state index in [1.807, 2.05) is 0 Å². The van der Waals surface area contributed by atoms with Crippen molar-refractivity contribution in [2.75, 3.05) is 7.11 Å². The second kappa shape index (κ2) is 5.99. The van der Waals surface area contributed by atoms with Gasteiger partial charge in [0.25, 0.3) is 0 Å². The molecular formula is C14H12F3NO3. The summed E-state index contributed by atoms with van der Waals surface area (Å²) in [7, 11) is 1.29. The Kier molecular flexibility index (Phi) is 4.30. The number of alkyl halides is 3. The number of aryl methyl sites for hydroxylation is 1. The molecule has 4 nitrogen and oxygen atoms in total. The summed E-state index contributed by atoms with van der Waals surface area (Å²) < 4.78 is 47.2. The van der Waals surface area contributed by atoms with Crippen LogP contribution in [0.15, 0.2) is 34.9 Å². The number of hydrogen-bond donors (Lipinski definition) is 0. The lowest BCUT2D eigenvalue weighted by Crippen LogP contribution is -2.03. The molecule has 112 valence electrons. The van der Waals surface area contributed by atoms with Crippen LogP contribution in [0.1, 0.15) is 17.7 Å². The molecule has 0 N–H and O–H groups in total. The van der Waals surface area contributed by atoms with Crippen LogP contribution in [0.4, 0.5) is 13.2 Å². The number of ether oxygens (including phenoxy) is 1. The summed E-state index contributed by atoms with van der Waals surface area (Å²) in [6.45, 7) is 0. The fraction of sp³-hybridized carbons (Fsp3) is 0.286. The highest BCUT2D eigenvalue weighted by molar-refractivity contribution is 5.69. The van der Waals surface area contributed by atoms with Gasteiger partial charge in [0.2, 0.25) is 5.89 Å². The molecule has 0 unspecified atom stereocenters. The molecule has 0 amide bonds. The number of methoxy groups -OCH3 is 1. The highest BCUT2D eigenvalue weighted by Gasteiger charge is 2.30. The summed E-state index contributed by atoms with van der Waals surface area (Å²) in [4.78, 5) is 15.0. The van der Waals surface area contributed by atoms with E-state index in [1.54, 1.807) is 0 Å². The lowest BCUT2D eigenvalue weighted by atomic mass is 10.1. The highest BCUT2D eigenvalue weighted by Crippen LogP contribution is 2.30. The average molecular weight is 299 g/mol. The summed E-state index contributed by atoms with van der Waals surface area (Å²) in [6.07, 6.45) is -2.46. The van der Waals surface area contributed by atoms with Crippen molar-refractivity contribution >= 4 is 5.97 Å². The normalized spacial score (nSPS) is 11.4. The zero-order chi connectivity index (χ0) is 15.5. The van der Waals surface area contributed by atoms with Crippen LogP contribution in [-0.4, -0.2) is 18.1 Å². The summed E-state index contributed by atoms with van der Waals surface area (Å²) in [5.41, 5.74) is -0.295. The molecule has 0 radical (unpaired) electrons. The van der Waals surface area contributed by atoms with Crippen LogP contribution in [0.25, 0.3) is 11.5 Å². The van der Waals surface area contributed by atoms with Crippen LogP contribution >= 0.6 is 0 Å². The van der Waals surface area contributed by atoms with Gasteiger partial charge in [0.15, 0.2) is 0 Å². The average Bonchev–Trinajstić information content (AvgIpc) is 2.93. The van der Waals surface area contributed by atoms with Gasteiger partial charge in [-0.2, -0.15) is 13.2 Å². The van der Waals surface area contributed by atoms with E-state index in [2.05, 4.69) is 9.72 Å². The van der Waals surface area contributed by atoms with Crippen LogP contribution in [0.2, 0.25) is 0 Å². The molecule has 0 aliphatic carbocycles. The first-order chi connectivity index (χ1) is 9.90. The zero-order valence-corrected chi connectivity index (χ0v) is 11.1. The molecule has 1 aromatic heterocycles. The second-order valence-corrected chi connectivity index (χ2v) is 4.28. The van der Waals surface area contributed by atoms with Crippen LogP contribution in [0.3, 0.4) is 0 Å². The Morgan fingerprint density at radius 1 is 1.29 bits per heavy atom. The molecule has 0 aliphatic heterocycles. The van der Waals surface area contributed by atoms with Crippen LogP contribution in [0.5, 0.6) is 0 Å². The lowest BCUT2D eigenvalue weighted by Gasteiger charge is -2.06. The molecule has 21 heavy (non-hydrogen) atoms. The van der Waals surface area contributed by atoms with Gasteiger partial charge in [0.1, 0.15) is 5.76 Å². The summed E-state index contributed by atoms with van der Waals surface area (Å²) in [5.74, 6) is 0.307. The van der Waals surface area contributed by atoms with Gasteiger partial charge in [0.05, 0.1) is 25.3 Å². The van der Waals surface area contributed by atoms with Crippen molar-refractivity contribution in [1.82, 2.24) is 4.98 Å². The van der Waals surface area contributed by atoms with Crippen LogP contribution in [-0.2, 0) is 22.1 Å². The number of esters is 1. The molecule has 0 aliphatic rings. The first-order valence-electron chi connectivity index (χ1n) is 6.09. The minimum absolute atomic E-state index is 0.151. The van der Waals surface area contributed by atoms with Gasteiger partial charge in [-0.25, -0.2) is 4.98 Å². The number of halogens is 3.